The lowest BCUT2D eigenvalue weighted by Gasteiger charge is -2.27. The van der Waals surface area contributed by atoms with Crippen molar-refractivity contribution in [2.24, 2.45) is 0 Å². The summed E-state index contributed by atoms with van der Waals surface area (Å²) in [6.45, 7) is 7.92. The first-order valence-electron chi connectivity index (χ1n) is 13.1. The number of halogens is 2. The Labute approximate surface area is 224 Å². The van der Waals surface area contributed by atoms with Gasteiger partial charge in [0.2, 0.25) is 5.92 Å². The zero-order valence-corrected chi connectivity index (χ0v) is 22.4. The second kappa shape index (κ2) is 10.3. The van der Waals surface area contributed by atoms with Gasteiger partial charge in [0.1, 0.15) is 22.9 Å². The predicted molar refractivity (Wildman–Crippen MR) is 141 cm³/mol. The molecule has 0 unspecified atom stereocenters. The van der Waals surface area contributed by atoms with E-state index in [1.165, 1.54) is 12.1 Å². The van der Waals surface area contributed by atoms with Crippen molar-refractivity contribution in [1.29, 1.82) is 0 Å². The van der Waals surface area contributed by atoms with Gasteiger partial charge in [0, 0.05) is 36.4 Å². The van der Waals surface area contributed by atoms with Crippen molar-refractivity contribution in [2.75, 3.05) is 13.2 Å². The Morgan fingerprint density at radius 3 is 2.31 bits per heavy atom. The lowest BCUT2D eigenvalue weighted by atomic mass is 9.83. The number of benzene rings is 1. The minimum Gasteiger partial charge on any atom is -0.492 e. The molecule has 1 fully saturated rings. The van der Waals surface area contributed by atoms with Gasteiger partial charge in [0.25, 0.3) is 0 Å². The molecule has 0 saturated heterocycles. The number of carbonyl (C=O) groups is 1. The number of aryl methyl sites for hydroxylation is 2. The third kappa shape index (κ3) is 4.95. The summed E-state index contributed by atoms with van der Waals surface area (Å²) in [4.78, 5) is 16.7. The maximum absolute atomic E-state index is 14.0. The van der Waals surface area contributed by atoms with Gasteiger partial charge >= 0.3 is 5.97 Å². The van der Waals surface area contributed by atoms with E-state index >= 15 is 0 Å². The highest BCUT2D eigenvalue weighted by molar-refractivity contribution is 5.92. The van der Waals surface area contributed by atoms with Crippen LogP contribution in [0.4, 0.5) is 8.78 Å². The molecule has 0 radical (unpaired) electrons. The molecular weight excluding hydrogens is 508 g/mol. The molecule has 8 nitrogen and oxygen atoms in total. The normalized spacial score (nSPS) is 15.5. The van der Waals surface area contributed by atoms with Crippen molar-refractivity contribution in [1.82, 2.24) is 14.7 Å². The molecule has 0 bridgehead atoms. The van der Waals surface area contributed by atoms with Crippen LogP contribution in [0, 0.1) is 13.8 Å². The molecule has 1 N–H and O–H groups in total. The van der Waals surface area contributed by atoms with Crippen LogP contribution >= 0.6 is 0 Å². The van der Waals surface area contributed by atoms with Crippen LogP contribution in [-0.2, 0) is 0 Å². The molecule has 0 spiro atoms. The van der Waals surface area contributed by atoms with Gasteiger partial charge < -0.3 is 23.7 Å². The van der Waals surface area contributed by atoms with Gasteiger partial charge in [-0.2, -0.15) is 0 Å². The number of fused-ring (bicyclic) bond motifs is 1. The lowest BCUT2D eigenvalue weighted by Crippen LogP contribution is -2.23. The van der Waals surface area contributed by atoms with Crippen molar-refractivity contribution < 1.29 is 32.7 Å². The van der Waals surface area contributed by atoms with Crippen molar-refractivity contribution in [3.8, 4) is 28.3 Å². The van der Waals surface area contributed by atoms with E-state index in [-0.39, 0.29) is 24.3 Å². The topological polar surface area (TPSA) is 99.6 Å². The predicted octanol–water partition coefficient (Wildman–Crippen LogP) is 7.09. The minimum absolute atomic E-state index is 0.0337. The molecule has 5 rings (SSSR count). The van der Waals surface area contributed by atoms with Crippen LogP contribution in [0.25, 0.3) is 27.8 Å². The van der Waals surface area contributed by atoms with Gasteiger partial charge in [-0.25, -0.2) is 13.6 Å². The number of hydrogen-bond donors (Lipinski definition) is 1. The summed E-state index contributed by atoms with van der Waals surface area (Å²) < 4.78 is 47.2. The van der Waals surface area contributed by atoms with Crippen LogP contribution in [0.5, 0.6) is 11.5 Å². The fourth-order valence-electron chi connectivity index (χ4n) is 5.47. The van der Waals surface area contributed by atoms with E-state index in [2.05, 4.69) is 5.16 Å². The fourth-order valence-corrected chi connectivity index (χ4v) is 5.47. The zero-order valence-electron chi connectivity index (χ0n) is 22.4. The molecule has 1 aliphatic rings. The van der Waals surface area contributed by atoms with Crippen LogP contribution in [0.3, 0.4) is 0 Å². The second-order valence-corrected chi connectivity index (χ2v) is 9.87. The molecule has 206 valence electrons. The molecule has 0 atom stereocenters. The average Bonchev–Trinajstić information content (AvgIpc) is 3.43. The number of ether oxygens (including phenoxy) is 2. The van der Waals surface area contributed by atoms with Crippen molar-refractivity contribution in [3.05, 3.63) is 53.2 Å². The van der Waals surface area contributed by atoms with Crippen LogP contribution in [0.15, 0.2) is 35.1 Å². The third-order valence-electron chi connectivity index (χ3n) is 7.28. The van der Waals surface area contributed by atoms with E-state index in [0.29, 0.717) is 60.0 Å². The van der Waals surface area contributed by atoms with Crippen LogP contribution in [-0.4, -0.2) is 44.9 Å². The first-order chi connectivity index (χ1) is 18.6. The third-order valence-corrected chi connectivity index (χ3v) is 7.28. The zero-order chi connectivity index (χ0) is 27.9. The van der Waals surface area contributed by atoms with Crippen LogP contribution in [0.2, 0.25) is 0 Å². The number of aromatic nitrogens is 3. The smallest absolute Gasteiger partial charge is 0.335 e. The van der Waals surface area contributed by atoms with Crippen LogP contribution < -0.4 is 9.47 Å². The molecule has 39 heavy (non-hydrogen) atoms. The van der Waals surface area contributed by atoms with E-state index < -0.39 is 11.9 Å². The number of carboxylic acid groups (broad SMARTS) is 1. The molecule has 0 amide bonds. The SMILES string of the molecule is CCOc1cc(C(=O)O)cc(OCC)c1-n1cc(C2CCC(F)(F)CC2)c2ncc(-c3c(C)noc3C)cc21. The average molecular weight is 540 g/mol. The highest BCUT2D eigenvalue weighted by atomic mass is 19.3. The summed E-state index contributed by atoms with van der Waals surface area (Å²) in [5, 5.41) is 13.8. The maximum atomic E-state index is 14.0. The summed E-state index contributed by atoms with van der Waals surface area (Å²) in [6, 6.07) is 4.91. The number of aromatic carboxylic acids is 1. The Morgan fingerprint density at radius 1 is 1.13 bits per heavy atom. The summed E-state index contributed by atoms with van der Waals surface area (Å²) in [5.41, 5.74) is 5.16. The molecule has 1 saturated carbocycles. The molecule has 3 heterocycles. The Balaban J connectivity index is 1.78. The van der Waals surface area contributed by atoms with Gasteiger partial charge in [0.15, 0.2) is 0 Å². The molecule has 10 heteroatoms. The maximum Gasteiger partial charge on any atom is 0.335 e. The minimum atomic E-state index is -2.66. The van der Waals surface area contributed by atoms with Crippen molar-refractivity contribution >= 4 is 17.0 Å². The number of rotatable bonds is 8. The van der Waals surface area contributed by atoms with E-state index in [1.807, 2.05) is 44.5 Å². The summed E-state index contributed by atoms with van der Waals surface area (Å²) in [5.74, 6) is -2.54. The lowest BCUT2D eigenvalue weighted by molar-refractivity contribution is -0.0381. The molecule has 1 aliphatic carbocycles. The number of carboxylic acids is 1. The van der Waals surface area contributed by atoms with Gasteiger partial charge in [-0.05, 0) is 70.2 Å². The molecule has 4 aromatic rings. The number of pyridine rings is 1. The van der Waals surface area contributed by atoms with E-state index in [0.717, 1.165) is 22.4 Å². The number of nitrogens with zero attached hydrogens (tertiary/aromatic N) is 3. The van der Waals surface area contributed by atoms with Gasteiger partial charge in [0.05, 0.1) is 35.5 Å². The van der Waals surface area contributed by atoms with Crippen molar-refractivity contribution in [3.63, 3.8) is 0 Å². The van der Waals surface area contributed by atoms with E-state index in [9.17, 15) is 18.7 Å². The van der Waals surface area contributed by atoms with Gasteiger partial charge in [-0.3, -0.25) is 4.98 Å². The van der Waals surface area contributed by atoms with Gasteiger partial charge in [-0.1, -0.05) is 5.16 Å². The largest absolute Gasteiger partial charge is 0.492 e. The monoisotopic (exact) mass is 539 g/mol. The molecule has 3 aromatic heterocycles. The molecular formula is C29H31F2N3O5. The number of hydrogen-bond acceptors (Lipinski definition) is 6. The second-order valence-electron chi connectivity index (χ2n) is 9.87. The number of alkyl halides is 2. The molecule has 1 aromatic carbocycles. The quantitative estimate of drug-likeness (QED) is 0.255. The Bertz CT molecular complexity index is 1480. The fraction of sp³-hybridized carbons (Fsp3) is 0.414. The van der Waals surface area contributed by atoms with Gasteiger partial charge in [-0.15, -0.1) is 0 Å². The molecule has 0 aliphatic heterocycles. The van der Waals surface area contributed by atoms with E-state index in [4.69, 9.17) is 19.0 Å². The Kier molecular flexibility index (Phi) is 7.05. The summed E-state index contributed by atoms with van der Waals surface area (Å²) >= 11 is 0. The van der Waals surface area contributed by atoms with Crippen molar-refractivity contribution in [2.45, 2.75) is 65.2 Å². The Hall–Kier alpha value is -3.95. The highest BCUT2D eigenvalue weighted by Gasteiger charge is 2.37. The first kappa shape index (κ1) is 26.6. The Morgan fingerprint density at radius 2 is 1.77 bits per heavy atom. The van der Waals surface area contributed by atoms with E-state index in [1.54, 1.807) is 6.20 Å². The first-order valence-corrected chi connectivity index (χ1v) is 13.1. The summed E-state index contributed by atoms with van der Waals surface area (Å²) in [6.07, 6.45) is 3.98. The van der Waals surface area contributed by atoms with Crippen LogP contribution in [0.1, 0.15) is 72.8 Å². The standard InChI is InChI=1S/C29H31F2N3O5/c1-5-37-23-12-19(28(35)36)13-24(38-6-2)27(23)34-15-21(18-7-9-29(30,31)10-8-18)26-22(34)11-20(14-32-26)25-16(3)33-39-17(25)4/h11-15,18H,5-10H2,1-4H3,(H,35,36). The summed E-state index contributed by atoms with van der Waals surface area (Å²) in [7, 11) is 0. The highest BCUT2D eigenvalue weighted by Crippen LogP contribution is 2.45.